The molecule has 0 amide bonds. The minimum Gasteiger partial charge on any atom is -0.311 e. The molecule has 5 heteroatoms. The van der Waals surface area contributed by atoms with Crippen LogP contribution in [0, 0.1) is 17.5 Å². The molecule has 18 heavy (non-hydrogen) atoms. The van der Waals surface area contributed by atoms with Crippen LogP contribution in [0.2, 0.25) is 0 Å². The fourth-order valence-electron chi connectivity index (χ4n) is 1.91. The van der Waals surface area contributed by atoms with Crippen LogP contribution in [0.5, 0.6) is 0 Å². The van der Waals surface area contributed by atoms with Gasteiger partial charge in [0.25, 0.3) is 0 Å². The predicted molar refractivity (Wildman–Crippen MR) is 65.9 cm³/mol. The van der Waals surface area contributed by atoms with Crippen molar-refractivity contribution in [1.29, 1.82) is 0 Å². The first-order valence-corrected chi connectivity index (χ1v) is 5.71. The third-order valence-corrected chi connectivity index (χ3v) is 3.52. The summed E-state index contributed by atoms with van der Waals surface area (Å²) in [6.45, 7) is 3.80. The number of hydrogen-bond acceptors (Lipinski definition) is 2. The lowest BCUT2D eigenvalue weighted by molar-refractivity contribution is 0.140. The molecule has 0 fully saturated rings. The van der Waals surface area contributed by atoms with E-state index in [1.807, 2.05) is 32.8 Å². The molecule has 2 nitrogen and oxygen atoms in total. The summed E-state index contributed by atoms with van der Waals surface area (Å²) < 4.78 is 40.0. The van der Waals surface area contributed by atoms with Gasteiger partial charge in [0.1, 0.15) is 0 Å². The standard InChI is InChI=1S/C13H19F3N2/c1-13(2,18(4)5)12(17-3)8-6-7-9(14)11(16)10(8)15/h6-7,12,17H,1-5H3. The van der Waals surface area contributed by atoms with Gasteiger partial charge in [-0.2, -0.15) is 0 Å². The lowest BCUT2D eigenvalue weighted by Gasteiger charge is -2.40. The fraction of sp³-hybridized carbons (Fsp3) is 0.538. The van der Waals surface area contributed by atoms with E-state index in [0.717, 1.165) is 6.07 Å². The van der Waals surface area contributed by atoms with Gasteiger partial charge in [0, 0.05) is 11.1 Å². The van der Waals surface area contributed by atoms with E-state index >= 15 is 0 Å². The summed E-state index contributed by atoms with van der Waals surface area (Å²) >= 11 is 0. The number of nitrogens with one attached hydrogen (secondary N) is 1. The normalized spacial score (nSPS) is 14.1. The molecule has 0 radical (unpaired) electrons. The molecule has 1 aromatic rings. The highest BCUT2D eigenvalue weighted by Gasteiger charge is 2.34. The van der Waals surface area contributed by atoms with Gasteiger partial charge in [0.2, 0.25) is 0 Å². The zero-order valence-corrected chi connectivity index (χ0v) is 11.3. The number of halogens is 3. The first kappa shape index (κ1) is 15.0. The topological polar surface area (TPSA) is 15.3 Å². The molecule has 0 spiro atoms. The molecule has 1 rings (SSSR count). The molecule has 0 saturated heterocycles. The van der Waals surface area contributed by atoms with Crippen LogP contribution in [0.15, 0.2) is 12.1 Å². The average Bonchev–Trinajstić information content (AvgIpc) is 2.29. The lowest BCUT2D eigenvalue weighted by Crippen LogP contribution is -2.48. The van der Waals surface area contributed by atoms with E-state index in [1.165, 1.54) is 6.07 Å². The smallest absolute Gasteiger partial charge is 0.194 e. The molecule has 0 bridgehead atoms. The van der Waals surface area contributed by atoms with Crippen molar-refractivity contribution in [2.75, 3.05) is 21.1 Å². The second kappa shape index (κ2) is 5.28. The van der Waals surface area contributed by atoms with E-state index in [-0.39, 0.29) is 5.56 Å². The van der Waals surface area contributed by atoms with Crippen LogP contribution in [0.25, 0.3) is 0 Å². The lowest BCUT2D eigenvalue weighted by atomic mass is 9.87. The summed E-state index contributed by atoms with van der Waals surface area (Å²) in [5.41, 5.74) is -0.338. The summed E-state index contributed by atoms with van der Waals surface area (Å²) in [5, 5.41) is 2.96. The van der Waals surface area contributed by atoms with Crippen molar-refractivity contribution >= 4 is 0 Å². The minimum absolute atomic E-state index is 0.120. The Morgan fingerprint density at radius 3 is 2.11 bits per heavy atom. The Hall–Kier alpha value is -1.07. The zero-order valence-electron chi connectivity index (χ0n) is 11.3. The Kier molecular flexibility index (Phi) is 4.40. The van der Waals surface area contributed by atoms with Crippen molar-refractivity contribution in [3.05, 3.63) is 35.1 Å². The largest absolute Gasteiger partial charge is 0.311 e. The van der Waals surface area contributed by atoms with E-state index in [0.29, 0.717) is 0 Å². The van der Waals surface area contributed by atoms with Crippen LogP contribution in [0.4, 0.5) is 13.2 Å². The van der Waals surface area contributed by atoms with Gasteiger partial charge in [-0.25, -0.2) is 13.2 Å². The first-order chi connectivity index (χ1) is 8.23. The zero-order chi connectivity index (χ0) is 14.1. The third-order valence-electron chi connectivity index (χ3n) is 3.52. The molecule has 0 aliphatic carbocycles. The third kappa shape index (κ3) is 2.52. The molecule has 102 valence electrons. The number of likely N-dealkylation sites (N-methyl/N-ethyl adjacent to an activating group) is 2. The average molecular weight is 260 g/mol. The van der Waals surface area contributed by atoms with Gasteiger partial charge < -0.3 is 10.2 Å². The van der Waals surface area contributed by atoms with E-state index in [9.17, 15) is 13.2 Å². The van der Waals surface area contributed by atoms with Crippen molar-refractivity contribution < 1.29 is 13.2 Å². The van der Waals surface area contributed by atoms with Crippen LogP contribution in [0.3, 0.4) is 0 Å². The summed E-state index contributed by atoms with van der Waals surface area (Å²) in [4.78, 5) is 1.90. The maximum absolute atomic E-state index is 13.8. The molecule has 1 atom stereocenters. The van der Waals surface area contributed by atoms with Gasteiger partial charge >= 0.3 is 0 Å². The Labute approximate surface area is 106 Å². The molecule has 1 unspecified atom stereocenters. The summed E-state index contributed by atoms with van der Waals surface area (Å²) in [6, 6.07) is 1.77. The second-order valence-electron chi connectivity index (χ2n) is 5.03. The highest BCUT2D eigenvalue weighted by Crippen LogP contribution is 2.32. The highest BCUT2D eigenvalue weighted by atomic mass is 19.2. The molecule has 0 aliphatic heterocycles. The van der Waals surface area contributed by atoms with Crippen molar-refractivity contribution in [3.8, 4) is 0 Å². The number of hydrogen-bond donors (Lipinski definition) is 1. The van der Waals surface area contributed by atoms with Crippen LogP contribution in [-0.4, -0.2) is 31.6 Å². The Morgan fingerprint density at radius 1 is 1.11 bits per heavy atom. The summed E-state index contributed by atoms with van der Waals surface area (Å²) in [6.07, 6.45) is 0. The van der Waals surface area contributed by atoms with Crippen molar-refractivity contribution in [2.45, 2.75) is 25.4 Å². The maximum atomic E-state index is 13.8. The quantitative estimate of drug-likeness (QED) is 0.837. The van der Waals surface area contributed by atoms with Crippen molar-refractivity contribution in [1.82, 2.24) is 10.2 Å². The molecule has 0 saturated carbocycles. The highest BCUT2D eigenvalue weighted by molar-refractivity contribution is 5.26. The maximum Gasteiger partial charge on any atom is 0.194 e. The number of rotatable bonds is 4. The Morgan fingerprint density at radius 2 is 1.67 bits per heavy atom. The second-order valence-corrected chi connectivity index (χ2v) is 5.03. The predicted octanol–water partition coefficient (Wildman–Crippen LogP) is 2.70. The minimum atomic E-state index is -1.43. The van der Waals surface area contributed by atoms with Crippen molar-refractivity contribution in [3.63, 3.8) is 0 Å². The van der Waals surface area contributed by atoms with Gasteiger partial charge in [-0.3, -0.25) is 0 Å². The van der Waals surface area contributed by atoms with Gasteiger partial charge in [0.15, 0.2) is 17.5 Å². The van der Waals surface area contributed by atoms with E-state index in [1.54, 1.807) is 7.05 Å². The fourth-order valence-corrected chi connectivity index (χ4v) is 1.91. The SMILES string of the molecule is CNC(c1ccc(F)c(F)c1F)C(C)(C)N(C)C. The van der Waals surface area contributed by atoms with Crippen LogP contribution < -0.4 is 5.32 Å². The van der Waals surface area contributed by atoms with Crippen molar-refractivity contribution in [2.24, 2.45) is 0 Å². The summed E-state index contributed by atoms with van der Waals surface area (Å²) in [7, 11) is 5.36. The molecule has 0 heterocycles. The molecule has 0 aromatic heterocycles. The van der Waals surface area contributed by atoms with Gasteiger partial charge in [0.05, 0.1) is 6.04 Å². The molecule has 1 aromatic carbocycles. The van der Waals surface area contributed by atoms with E-state index < -0.39 is 29.0 Å². The van der Waals surface area contributed by atoms with Gasteiger partial charge in [-0.1, -0.05) is 6.07 Å². The van der Waals surface area contributed by atoms with Crippen LogP contribution >= 0.6 is 0 Å². The number of nitrogens with zero attached hydrogens (tertiary/aromatic N) is 1. The van der Waals surface area contributed by atoms with E-state index in [2.05, 4.69) is 5.32 Å². The Bertz CT molecular complexity index is 430. The molecular formula is C13H19F3N2. The van der Waals surface area contributed by atoms with Crippen LogP contribution in [0.1, 0.15) is 25.5 Å². The molecular weight excluding hydrogens is 241 g/mol. The summed E-state index contributed by atoms with van der Waals surface area (Å²) in [5.74, 6) is -3.74. The number of benzene rings is 1. The Balaban J connectivity index is 3.31. The van der Waals surface area contributed by atoms with Gasteiger partial charge in [-0.15, -0.1) is 0 Å². The van der Waals surface area contributed by atoms with Crippen LogP contribution in [-0.2, 0) is 0 Å². The van der Waals surface area contributed by atoms with Gasteiger partial charge in [-0.05, 0) is 41.1 Å². The molecule has 0 aliphatic rings. The van der Waals surface area contributed by atoms with E-state index in [4.69, 9.17) is 0 Å². The molecule has 1 N–H and O–H groups in total. The monoisotopic (exact) mass is 260 g/mol. The first-order valence-electron chi connectivity index (χ1n) is 5.71.